The van der Waals surface area contributed by atoms with Crippen LogP contribution >= 0.6 is 0 Å². The van der Waals surface area contributed by atoms with Crippen molar-refractivity contribution in [3.8, 4) is 0 Å². The fourth-order valence-corrected chi connectivity index (χ4v) is 8.92. The van der Waals surface area contributed by atoms with Crippen LogP contribution in [0.2, 0.25) is 0 Å². The summed E-state index contributed by atoms with van der Waals surface area (Å²) >= 11 is 0. The van der Waals surface area contributed by atoms with E-state index in [-0.39, 0.29) is 23.3 Å². The second-order valence-corrected chi connectivity index (χ2v) is 17.4. The smallest absolute Gasteiger partial charge is 0.404 e. The van der Waals surface area contributed by atoms with Crippen LogP contribution in [0.3, 0.4) is 0 Å². The minimum Gasteiger partial charge on any atom is -0.404 e. The second kappa shape index (κ2) is 23.1. The highest BCUT2D eigenvalue weighted by Gasteiger charge is 2.68. The molecule has 0 unspecified atom stereocenters. The molecule has 12 nitrogen and oxygen atoms in total. The van der Waals surface area contributed by atoms with E-state index in [2.05, 4.69) is 49.0 Å². The summed E-state index contributed by atoms with van der Waals surface area (Å²) in [4.78, 5) is 53.3. The Morgan fingerprint density at radius 3 is 1.78 bits per heavy atom. The number of hydrogen-bond acceptors (Lipinski definition) is 8. The highest BCUT2D eigenvalue weighted by molar-refractivity contribution is 6.47. The predicted molar refractivity (Wildman–Crippen MR) is 216 cm³/mol. The van der Waals surface area contributed by atoms with Crippen LogP contribution in [0.25, 0.3) is 0 Å². The third-order valence-electron chi connectivity index (χ3n) is 12.7. The lowest BCUT2D eigenvalue weighted by molar-refractivity contribution is -0.199. The molecule has 1 aliphatic heterocycles. The summed E-state index contributed by atoms with van der Waals surface area (Å²) in [5.41, 5.74) is 11.3. The van der Waals surface area contributed by atoms with Gasteiger partial charge in [0.05, 0.1) is 17.6 Å². The summed E-state index contributed by atoms with van der Waals surface area (Å²) < 4.78 is 12.9. The molecule has 54 heavy (non-hydrogen) atoms. The van der Waals surface area contributed by atoms with E-state index in [0.29, 0.717) is 63.5 Å². The summed E-state index contributed by atoms with van der Waals surface area (Å²) in [6.45, 7) is 13.4. The number of carbonyl (C=O) groups excluding carboxylic acids is 4. The Labute approximate surface area is 327 Å². The molecule has 0 aromatic carbocycles. The van der Waals surface area contributed by atoms with Crippen LogP contribution in [0.4, 0.5) is 0 Å². The Kier molecular flexibility index (Phi) is 19.8. The maximum atomic E-state index is 13.6. The molecule has 4 amide bonds. The average molecular weight is 761 g/mol. The quantitative estimate of drug-likeness (QED) is 0.0465. The van der Waals surface area contributed by atoms with Gasteiger partial charge >= 0.3 is 7.12 Å². The Balaban J connectivity index is 1.47. The molecule has 3 saturated carbocycles. The van der Waals surface area contributed by atoms with Gasteiger partial charge in [0.1, 0.15) is 18.1 Å². The van der Waals surface area contributed by atoms with E-state index >= 15 is 0 Å². The molecule has 0 spiro atoms. The van der Waals surface area contributed by atoms with Crippen molar-refractivity contribution in [2.24, 2.45) is 28.7 Å². The first-order valence-electron chi connectivity index (χ1n) is 21.7. The molecule has 0 radical (unpaired) electrons. The Morgan fingerprint density at radius 1 is 0.685 bits per heavy atom. The topological polar surface area (TPSA) is 187 Å². The van der Waals surface area contributed by atoms with Crippen molar-refractivity contribution in [2.45, 2.75) is 206 Å². The van der Waals surface area contributed by atoms with Crippen molar-refractivity contribution >= 4 is 30.7 Å². The summed E-state index contributed by atoms with van der Waals surface area (Å²) in [6, 6.07) is -2.53. The van der Waals surface area contributed by atoms with Gasteiger partial charge in [-0.25, -0.2) is 0 Å². The van der Waals surface area contributed by atoms with Crippen LogP contribution in [-0.2, 0) is 28.5 Å². The van der Waals surface area contributed by atoms with E-state index in [9.17, 15) is 19.2 Å². The van der Waals surface area contributed by atoms with Gasteiger partial charge in [0.25, 0.3) is 0 Å². The Bertz CT molecular complexity index is 1180. The minimum atomic E-state index is -0.931. The highest BCUT2D eigenvalue weighted by Crippen LogP contribution is 2.65. The van der Waals surface area contributed by atoms with Crippen LogP contribution in [0.5, 0.6) is 0 Å². The summed E-state index contributed by atoms with van der Waals surface area (Å²) in [5, 5.41) is 11.6. The molecule has 3 aliphatic carbocycles. The van der Waals surface area contributed by atoms with Gasteiger partial charge in [-0.2, -0.15) is 0 Å². The summed E-state index contributed by atoms with van der Waals surface area (Å²) in [5.74, 6) is -0.812. The van der Waals surface area contributed by atoms with Crippen molar-refractivity contribution in [3.05, 3.63) is 0 Å². The van der Waals surface area contributed by atoms with Gasteiger partial charge in [-0.05, 0) is 109 Å². The van der Waals surface area contributed by atoms with Crippen molar-refractivity contribution in [1.29, 1.82) is 0 Å². The van der Waals surface area contributed by atoms with Gasteiger partial charge in [-0.1, -0.05) is 85.0 Å². The molecule has 13 heteroatoms. The number of carbonyl (C=O) groups is 4. The lowest BCUT2D eigenvalue weighted by atomic mass is 9.43. The van der Waals surface area contributed by atoms with Gasteiger partial charge < -0.3 is 42.0 Å². The van der Waals surface area contributed by atoms with E-state index in [4.69, 9.17) is 20.8 Å². The van der Waals surface area contributed by atoms with Crippen molar-refractivity contribution in [2.75, 3.05) is 13.1 Å². The number of unbranched alkanes of at least 4 members (excludes halogenated alkanes) is 12. The zero-order chi connectivity index (χ0) is 39.7. The molecule has 2 bridgehead atoms. The molecule has 4 aliphatic rings. The van der Waals surface area contributed by atoms with Crippen LogP contribution in [-0.4, -0.2) is 79.6 Å². The molecule has 4 fully saturated rings. The van der Waals surface area contributed by atoms with E-state index in [0.717, 1.165) is 38.5 Å². The maximum absolute atomic E-state index is 13.6. The van der Waals surface area contributed by atoms with Crippen LogP contribution in [0.15, 0.2) is 0 Å². The van der Waals surface area contributed by atoms with Gasteiger partial charge in [0, 0.05) is 6.42 Å². The molecular weight excluding hydrogens is 683 g/mol. The number of nitrogens with two attached hydrogens (primary N) is 2. The Morgan fingerprint density at radius 2 is 1.22 bits per heavy atom. The van der Waals surface area contributed by atoms with Crippen LogP contribution in [0, 0.1) is 17.3 Å². The zero-order valence-electron chi connectivity index (χ0n) is 34.8. The lowest BCUT2D eigenvalue weighted by Crippen LogP contribution is -2.65. The van der Waals surface area contributed by atoms with Gasteiger partial charge in [0.15, 0.2) is 0 Å². The molecule has 0 aromatic heterocycles. The lowest BCUT2D eigenvalue weighted by Gasteiger charge is -2.64. The number of rotatable bonds is 28. The third kappa shape index (κ3) is 13.5. The predicted octanol–water partition coefficient (Wildman–Crippen LogP) is 5.19. The highest BCUT2D eigenvalue weighted by atomic mass is 16.7. The van der Waals surface area contributed by atoms with Crippen molar-refractivity contribution in [1.82, 2.24) is 21.3 Å². The first-order chi connectivity index (χ1) is 25.8. The van der Waals surface area contributed by atoms with Gasteiger partial charge in [-0.15, -0.1) is 0 Å². The molecule has 8 N–H and O–H groups in total. The first kappa shape index (κ1) is 46.2. The molecule has 8 atom stereocenters. The normalized spacial score (nSPS) is 24.7. The maximum Gasteiger partial charge on any atom is 0.481 e. The van der Waals surface area contributed by atoms with Gasteiger partial charge in [0.2, 0.25) is 23.6 Å². The largest absolute Gasteiger partial charge is 0.481 e. The van der Waals surface area contributed by atoms with E-state index in [1.54, 1.807) is 6.92 Å². The number of amides is 4. The molecule has 1 saturated heterocycles. The standard InChI is InChI=1S/C41H77BN6O6/c1-7-8-9-10-11-12-13-14-15-16-17-24-36(49)47-32(22-18-20-25-43)38(51)45-29(2)37(50)48-33(23-19-21-26-44)39(52)46-30(3)42-53-35-28-31-27-34(40(31,4)5)41(35,6)54-42/h29-35H,7-28,43-44H2,1-6H3,(H,45,51)(H,46,52)(H,47,49)(H,48,50)/t29-,30-,31-,32-,33-,34-,35+,41-/m0/s1. The van der Waals surface area contributed by atoms with Crippen molar-refractivity contribution in [3.63, 3.8) is 0 Å². The SMILES string of the molecule is CCCCCCCCCCCCCC(=O)N[C@@H](CCCCN)C(=O)N[C@@H](C)C(=O)N[C@@H](CCCCN)C(=O)N[C@@H](C)B1O[C@@H]2C[C@@H]3C[C@@H](C3(C)C)[C@]2(C)O1. The minimum absolute atomic E-state index is 0.00315. The van der Waals surface area contributed by atoms with E-state index < -0.39 is 48.6 Å². The zero-order valence-corrected chi connectivity index (χ0v) is 34.8. The molecule has 310 valence electrons. The molecule has 1 heterocycles. The van der Waals surface area contributed by atoms with Crippen molar-refractivity contribution < 1.29 is 28.5 Å². The number of hydrogen-bond donors (Lipinski definition) is 6. The third-order valence-corrected chi connectivity index (χ3v) is 12.7. The monoisotopic (exact) mass is 761 g/mol. The summed E-state index contributed by atoms with van der Waals surface area (Å²) in [6.07, 6.45) is 19.2. The molecule has 4 rings (SSSR count). The average Bonchev–Trinajstić information content (AvgIpc) is 3.50. The molecule has 0 aromatic rings. The van der Waals surface area contributed by atoms with Crippen LogP contribution in [0.1, 0.15) is 170 Å². The summed E-state index contributed by atoms with van der Waals surface area (Å²) in [7, 11) is -0.584. The Hall–Kier alpha value is -2.22. The first-order valence-corrected chi connectivity index (χ1v) is 21.7. The fraction of sp³-hybridized carbons (Fsp3) is 0.902. The van der Waals surface area contributed by atoms with Crippen LogP contribution < -0.4 is 32.7 Å². The number of nitrogens with one attached hydrogen (secondary N) is 4. The molecular formula is C41H77BN6O6. The van der Waals surface area contributed by atoms with Gasteiger partial charge in [-0.3, -0.25) is 19.2 Å². The second-order valence-electron chi connectivity index (χ2n) is 17.4. The fourth-order valence-electron chi connectivity index (χ4n) is 8.92. The van der Waals surface area contributed by atoms with E-state index in [1.165, 1.54) is 51.4 Å². The van der Waals surface area contributed by atoms with E-state index in [1.807, 2.05) is 6.92 Å².